The van der Waals surface area contributed by atoms with Crippen LogP contribution in [0.15, 0.2) is 18.2 Å². The zero-order valence-electron chi connectivity index (χ0n) is 13.4. The zero-order chi connectivity index (χ0) is 17.2. The van der Waals surface area contributed by atoms with Crippen molar-refractivity contribution in [1.82, 2.24) is 4.90 Å². The van der Waals surface area contributed by atoms with Gasteiger partial charge in [-0.25, -0.2) is 8.42 Å². The van der Waals surface area contributed by atoms with Gasteiger partial charge >= 0.3 is 0 Å². The van der Waals surface area contributed by atoms with Crippen LogP contribution in [0, 0.1) is 0 Å². The number of amides is 1. The van der Waals surface area contributed by atoms with Crippen LogP contribution in [0.4, 0.5) is 5.69 Å². The fraction of sp³-hybridized carbons (Fsp3) is 0.533. The predicted octanol–water partition coefficient (Wildman–Crippen LogP) is 1.79. The number of hydrogen-bond acceptors (Lipinski definition) is 5. The summed E-state index contributed by atoms with van der Waals surface area (Å²) < 4.78 is 28.2. The van der Waals surface area contributed by atoms with E-state index in [1.807, 2.05) is 0 Å². The number of likely N-dealkylation sites (N-methyl/N-ethyl adjacent to an activating group) is 1. The molecule has 1 fully saturated rings. The highest BCUT2D eigenvalue weighted by Gasteiger charge is 2.34. The van der Waals surface area contributed by atoms with Gasteiger partial charge in [-0.05, 0) is 31.5 Å². The second-order valence-electron chi connectivity index (χ2n) is 5.72. The van der Waals surface area contributed by atoms with E-state index in [4.69, 9.17) is 16.3 Å². The highest BCUT2D eigenvalue weighted by atomic mass is 35.5. The van der Waals surface area contributed by atoms with Crippen LogP contribution in [0.5, 0.6) is 5.75 Å². The molecule has 1 saturated heterocycles. The minimum absolute atomic E-state index is 0.0380. The molecule has 0 aromatic heterocycles. The number of sulfone groups is 1. The van der Waals surface area contributed by atoms with E-state index < -0.39 is 15.9 Å². The van der Waals surface area contributed by atoms with Gasteiger partial charge in [0, 0.05) is 18.8 Å². The van der Waals surface area contributed by atoms with E-state index in [1.165, 1.54) is 12.0 Å². The first-order chi connectivity index (χ1) is 10.7. The van der Waals surface area contributed by atoms with Gasteiger partial charge in [0.05, 0.1) is 23.6 Å². The van der Waals surface area contributed by atoms with E-state index in [0.29, 0.717) is 22.9 Å². The number of nitrogens with one attached hydrogen (secondary N) is 1. The molecule has 2 rings (SSSR count). The molecule has 0 radical (unpaired) electrons. The van der Waals surface area contributed by atoms with Gasteiger partial charge in [-0.3, -0.25) is 4.79 Å². The lowest BCUT2D eigenvalue weighted by Crippen LogP contribution is -2.45. The van der Waals surface area contributed by atoms with Crippen molar-refractivity contribution in [3.63, 3.8) is 0 Å². The second-order valence-corrected chi connectivity index (χ2v) is 8.36. The van der Waals surface area contributed by atoms with Crippen LogP contribution in [-0.4, -0.2) is 57.0 Å². The van der Waals surface area contributed by atoms with Crippen molar-refractivity contribution in [2.75, 3.05) is 31.0 Å². The van der Waals surface area contributed by atoms with Gasteiger partial charge in [0.15, 0.2) is 9.84 Å². The number of hydrogen-bond donors (Lipinski definition) is 1. The number of halogens is 1. The third-order valence-corrected chi connectivity index (χ3v) is 6.05. The van der Waals surface area contributed by atoms with E-state index in [-0.39, 0.29) is 23.5 Å². The number of ether oxygens (including phenoxy) is 1. The van der Waals surface area contributed by atoms with Crippen LogP contribution >= 0.6 is 11.6 Å². The summed E-state index contributed by atoms with van der Waals surface area (Å²) in [4.78, 5) is 14.0. The Bertz CT molecular complexity index is 693. The van der Waals surface area contributed by atoms with Crippen molar-refractivity contribution < 1.29 is 17.9 Å². The molecule has 0 aliphatic carbocycles. The maximum atomic E-state index is 12.5. The molecular formula is C15H21ClN2O4S. The van der Waals surface area contributed by atoms with Crippen molar-refractivity contribution >= 4 is 33.0 Å². The first-order valence-corrected chi connectivity index (χ1v) is 9.50. The fourth-order valence-corrected chi connectivity index (χ4v) is 4.67. The van der Waals surface area contributed by atoms with E-state index in [0.717, 1.165) is 0 Å². The zero-order valence-corrected chi connectivity index (χ0v) is 14.9. The third-order valence-electron chi connectivity index (χ3n) is 4.01. The highest BCUT2D eigenvalue weighted by molar-refractivity contribution is 7.91. The number of benzene rings is 1. The van der Waals surface area contributed by atoms with Crippen LogP contribution in [-0.2, 0) is 14.6 Å². The average molecular weight is 361 g/mol. The first-order valence-electron chi connectivity index (χ1n) is 7.30. The summed E-state index contributed by atoms with van der Waals surface area (Å²) in [5.74, 6) is 0.588. The summed E-state index contributed by atoms with van der Waals surface area (Å²) in [7, 11) is 0.161. The lowest BCUT2D eigenvalue weighted by atomic mass is 10.2. The van der Waals surface area contributed by atoms with Gasteiger partial charge in [-0.2, -0.15) is 0 Å². The lowest BCUT2D eigenvalue weighted by molar-refractivity contribution is -0.132. The molecule has 1 N–H and O–H groups in total. The summed E-state index contributed by atoms with van der Waals surface area (Å²) in [5, 5.41) is 3.53. The molecule has 2 atom stereocenters. The Morgan fingerprint density at radius 3 is 2.70 bits per heavy atom. The molecule has 0 saturated carbocycles. The summed E-state index contributed by atoms with van der Waals surface area (Å²) in [6.07, 6.45) is 0.492. The molecule has 1 aromatic rings. The SMILES string of the molecule is COc1ccc(NC(C)C(=O)N(C)C2CCS(=O)(=O)C2)cc1Cl. The highest BCUT2D eigenvalue weighted by Crippen LogP contribution is 2.27. The first kappa shape index (κ1) is 17.9. The molecule has 1 aliphatic heterocycles. The molecular weight excluding hydrogens is 340 g/mol. The van der Waals surface area contributed by atoms with E-state index >= 15 is 0 Å². The van der Waals surface area contributed by atoms with Gasteiger partial charge in [-0.15, -0.1) is 0 Å². The Labute approximate surface area is 141 Å². The largest absolute Gasteiger partial charge is 0.495 e. The summed E-state index contributed by atoms with van der Waals surface area (Å²) >= 11 is 6.06. The molecule has 0 spiro atoms. The Morgan fingerprint density at radius 2 is 2.17 bits per heavy atom. The molecule has 8 heteroatoms. The Morgan fingerprint density at radius 1 is 1.48 bits per heavy atom. The van der Waals surface area contributed by atoms with Crippen LogP contribution in [0.25, 0.3) is 0 Å². The Kier molecular flexibility index (Phi) is 5.41. The standard InChI is InChI=1S/C15H21ClN2O4S/c1-10(17-11-4-5-14(22-3)13(16)8-11)15(19)18(2)12-6-7-23(20,21)9-12/h4-5,8,10,12,17H,6-7,9H2,1-3H3. The third kappa shape index (κ3) is 4.29. The topological polar surface area (TPSA) is 75.7 Å². The predicted molar refractivity (Wildman–Crippen MR) is 90.9 cm³/mol. The maximum absolute atomic E-state index is 12.5. The molecule has 2 unspecified atom stereocenters. The molecule has 1 aliphatic rings. The number of carbonyl (C=O) groups is 1. The number of rotatable bonds is 5. The maximum Gasteiger partial charge on any atom is 0.244 e. The van der Waals surface area contributed by atoms with E-state index in [9.17, 15) is 13.2 Å². The van der Waals surface area contributed by atoms with Gasteiger partial charge in [-0.1, -0.05) is 11.6 Å². The second kappa shape index (κ2) is 6.97. The average Bonchev–Trinajstić information content (AvgIpc) is 2.86. The van der Waals surface area contributed by atoms with Gasteiger partial charge < -0.3 is 15.0 Å². The minimum atomic E-state index is -3.02. The van der Waals surface area contributed by atoms with E-state index in [1.54, 1.807) is 32.2 Å². The number of nitrogens with zero attached hydrogens (tertiary/aromatic N) is 1. The number of anilines is 1. The fourth-order valence-electron chi connectivity index (χ4n) is 2.63. The normalized spacial score (nSPS) is 20.8. The number of carbonyl (C=O) groups excluding carboxylic acids is 1. The smallest absolute Gasteiger partial charge is 0.244 e. The van der Waals surface area contributed by atoms with Crippen LogP contribution in [0.1, 0.15) is 13.3 Å². The monoisotopic (exact) mass is 360 g/mol. The van der Waals surface area contributed by atoms with Crippen LogP contribution in [0.3, 0.4) is 0 Å². The quantitative estimate of drug-likeness (QED) is 0.866. The summed E-state index contributed by atoms with van der Waals surface area (Å²) in [6.45, 7) is 1.74. The Hall–Kier alpha value is -1.47. The lowest BCUT2D eigenvalue weighted by Gasteiger charge is -2.27. The molecule has 1 aromatic carbocycles. The van der Waals surface area contributed by atoms with Crippen LogP contribution in [0.2, 0.25) is 5.02 Å². The van der Waals surface area contributed by atoms with Crippen molar-refractivity contribution in [3.05, 3.63) is 23.2 Å². The molecule has 1 amide bonds. The molecule has 128 valence electrons. The molecule has 0 bridgehead atoms. The van der Waals surface area contributed by atoms with Crippen molar-refractivity contribution in [1.29, 1.82) is 0 Å². The van der Waals surface area contributed by atoms with Gasteiger partial charge in [0.2, 0.25) is 5.91 Å². The van der Waals surface area contributed by atoms with E-state index in [2.05, 4.69) is 5.32 Å². The van der Waals surface area contributed by atoms with Gasteiger partial charge in [0.1, 0.15) is 11.8 Å². The summed E-state index contributed by atoms with van der Waals surface area (Å²) in [5.41, 5.74) is 0.698. The minimum Gasteiger partial charge on any atom is -0.495 e. The molecule has 23 heavy (non-hydrogen) atoms. The van der Waals surface area contributed by atoms with Gasteiger partial charge in [0.25, 0.3) is 0 Å². The summed E-state index contributed by atoms with van der Waals surface area (Å²) in [6, 6.07) is 4.43. The van der Waals surface area contributed by atoms with Crippen LogP contribution < -0.4 is 10.1 Å². The van der Waals surface area contributed by atoms with Crippen molar-refractivity contribution in [2.24, 2.45) is 0 Å². The molecule has 6 nitrogen and oxygen atoms in total. The van der Waals surface area contributed by atoms with Crippen molar-refractivity contribution in [3.8, 4) is 5.75 Å². The number of methoxy groups -OCH3 is 1. The van der Waals surface area contributed by atoms with Crippen molar-refractivity contribution in [2.45, 2.75) is 25.4 Å². The Balaban J connectivity index is 2.01. The molecule has 1 heterocycles.